The number of pyridine rings is 1. The van der Waals surface area contributed by atoms with Crippen molar-refractivity contribution in [3.63, 3.8) is 0 Å². The van der Waals surface area contributed by atoms with Crippen LogP contribution in [0.3, 0.4) is 0 Å². The first-order valence-corrected chi connectivity index (χ1v) is 6.55. The summed E-state index contributed by atoms with van der Waals surface area (Å²) in [7, 11) is 1.97. The topological polar surface area (TPSA) is 24.9 Å². The smallest absolute Gasteiger partial charge is 0.0705 e. The number of nitrogens with one attached hydrogen (secondary N) is 1. The van der Waals surface area contributed by atoms with Gasteiger partial charge in [-0.25, -0.2) is 0 Å². The molecule has 96 valence electrons. The average Bonchev–Trinajstić information content (AvgIpc) is 2.34. The zero-order valence-electron chi connectivity index (χ0n) is 11.7. The van der Waals surface area contributed by atoms with Gasteiger partial charge in [0.2, 0.25) is 0 Å². The van der Waals surface area contributed by atoms with Crippen LogP contribution in [0, 0.1) is 0 Å². The molecule has 0 unspecified atom stereocenters. The maximum absolute atomic E-state index is 4.70. The lowest BCUT2D eigenvalue weighted by Crippen LogP contribution is -2.12. The zero-order valence-corrected chi connectivity index (χ0v) is 11.7. The van der Waals surface area contributed by atoms with Crippen LogP contribution in [-0.4, -0.2) is 18.6 Å². The zero-order chi connectivity index (χ0) is 13.2. The van der Waals surface area contributed by atoms with Gasteiger partial charge in [-0.05, 0) is 36.2 Å². The van der Waals surface area contributed by atoms with E-state index in [1.165, 1.54) is 10.9 Å². The van der Waals surface area contributed by atoms with Crippen LogP contribution in [0.25, 0.3) is 10.9 Å². The molecule has 0 amide bonds. The predicted octanol–water partition coefficient (Wildman–Crippen LogP) is 3.29. The predicted molar refractivity (Wildman–Crippen MR) is 78.1 cm³/mol. The fourth-order valence-electron chi connectivity index (χ4n) is 2.03. The van der Waals surface area contributed by atoms with Crippen LogP contribution in [0.5, 0.6) is 0 Å². The lowest BCUT2D eigenvalue weighted by atomic mass is 9.86. The van der Waals surface area contributed by atoms with Crippen LogP contribution >= 0.6 is 0 Å². The summed E-state index contributed by atoms with van der Waals surface area (Å²) in [6.07, 6.45) is 0.980. The summed E-state index contributed by atoms with van der Waals surface area (Å²) in [5.74, 6) is 0. The molecular formula is C16H22N2. The highest BCUT2D eigenvalue weighted by molar-refractivity contribution is 5.79. The highest BCUT2D eigenvalue weighted by Crippen LogP contribution is 2.25. The van der Waals surface area contributed by atoms with Gasteiger partial charge in [0.1, 0.15) is 0 Å². The van der Waals surface area contributed by atoms with Crippen LogP contribution in [0.15, 0.2) is 30.3 Å². The molecule has 0 atom stereocenters. The van der Waals surface area contributed by atoms with Gasteiger partial charge < -0.3 is 5.32 Å². The van der Waals surface area contributed by atoms with Crippen molar-refractivity contribution in [2.24, 2.45) is 0 Å². The van der Waals surface area contributed by atoms with Crippen molar-refractivity contribution in [3.8, 4) is 0 Å². The summed E-state index contributed by atoms with van der Waals surface area (Å²) in [5, 5.41) is 4.39. The molecule has 18 heavy (non-hydrogen) atoms. The van der Waals surface area contributed by atoms with E-state index in [1.54, 1.807) is 0 Å². The molecule has 0 bridgehead atoms. The Morgan fingerprint density at radius 2 is 1.89 bits per heavy atom. The monoisotopic (exact) mass is 242 g/mol. The van der Waals surface area contributed by atoms with Crippen LogP contribution < -0.4 is 5.32 Å². The van der Waals surface area contributed by atoms with Crippen molar-refractivity contribution in [1.29, 1.82) is 0 Å². The molecule has 0 spiro atoms. The molecule has 2 aromatic rings. The van der Waals surface area contributed by atoms with E-state index in [1.807, 2.05) is 7.05 Å². The van der Waals surface area contributed by atoms with Gasteiger partial charge in [-0.15, -0.1) is 0 Å². The molecule has 0 fully saturated rings. The third-order valence-electron chi connectivity index (χ3n) is 3.24. The van der Waals surface area contributed by atoms with Crippen molar-refractivity contribution in [2.45, 2.75) is 32.6 Å². The fourth-order valence-corrected chi connectivity index (χ4v) is 2.03. The first-order valence-electron chi connectivity index (χ1n) is 6.55. The van der Waals surface area contributed by atoms with Gasteiger partial charge in [0, 0.05) is 24.0 Å². The van der Waals surface area contributed by atoms with Crippen molar-refractivity contribution in [2.75, 3.05) is 13.6 Å². The number of aromatic nitrogens is 1. The SMILES string of the molecule is CNCCc1ccc2cc(C(C)(C)C)ccc2n1. The quantitative estimate of drug-likeness (QED) is 0.893. The number of fused-ring (bicyclic) bond motifs is 1. The molecule has 0 radical (unpaired) electrons. The lowest BCUT2D eigenvalue weighted by Gasteiger charge is -2.19. The second kappa shape index (κ2) is 5.07. The Balaban J connectivity index is 2.36. The summed E-state index contributed by atoms with van der Waals surface area (Å²) in [5.41, 5.74) is 3.80. The fraction of sp³-hybridized carbons (Fsp3) is 0.438. The third-order valence-corrected chi connectivity index (χ3v) is 3.24. The van der Waals surface area contributed by atoms with Crippen molar-refractivity contribution >= 4 is 10.9 Å². The molecule has 2 nitrogen and oxygen atoms in total. The second-order valence-corrected chi connectivity index (χ2v) is 5.81. The molecule has 0 aliphatic heterocycles. The minimum absolute atomic E-state index is 0.193. The van der Waals surface area contributed by atoms with Gasteiger partial charge >= 0.3 is 0 Å². The van der Waals surface area contributed by atoms with E-state index >= 15 is 0 Å². The first-order chi connectivity index (χ1) is 8.50. The van der Waals surface area contributed by atoms with E-state index in [0.29, 0.717) is 0 Å². The second-order valence-electron chi connectivity index (χ2n) is 5.81. The molecular weight excluding hydrogens is 220 g/mol. The Bertz CT molecular complexity index is 538. The summed E-state index contributed by atoms with van der Waals surface area (Å²) in [4.78, 5) is 4.70. The van der Waals surface area contributed by atoms with Gasteiger partial charge in [0.05, 0.1) is 5.52 Å². The Kier molecular flexibility index (Phi) is 3.67. The van der Waals surface area contributed by atoms with E-state index in [4.69, 9.17) is 4.98 Å². The number of likely N-dealkylation sites (N-methyl/N-ethyl adjacent to an activating group) is 1. The lowest BCUT2D eigenvalue weighted by molar-refractivity contribution is 0.591. The summed E-state index contributed by atoms with van der Waals surface area (Å²) >= 11 is 0. The molecule has 1 aromatic carbocycles. The van der Waals surface area contributed by atoms with Gasteiger partial charge in [-0.2, -0.15) is 0 Å². The Hall–Kier alpha value is -1.41. The Morgan fingerprint density at radius 1 is 1.11 bits per heavy atom. The molecule has 1 N–H and O–H groups in total. The van der Waals surface area contributed by atoms with E-state index in [9.17, 15) is 0 Å². The van der Waals surface area contributed by atoms with Crippen LogP contribution in [0.2, 0.25) is 0 Å². The van der Waals surface area contributed by atoms with Gasteiger partial charge in [0.25, 0.3) is 0 Å². The number of benzene rings is 1. The average molecular weight is 242 g/mol. The molecule has 0 saturated heterocycles. The number of hydrogen-bond acceptors (Lipinski definition) is 2. The van der Waals surface area contributed by atoms with E-state index in [0.717, 1.165) is 24.2 Å². The van der Waals surface area contributed by atoms with Gasteiger partial charge in [-0.1, -0.05) is 32.9 Å². The maximum atomic E-state index is 4.70. The minimum atomic E-state index is 0.193. The van der Waals surface area contributed by atoms with Gasteiger partial charge in [-0.3, -0.25) is 4.98 Å². The normalized spacial score (nSPS) is 12.0. The molecule has 2 heteroatoms. The third kappa shape index (κ3) is 2.88. The number of rotatable bonds is 3. The van der Waals surface area contributed by atoms with Gasteiger partial charge in [0.15, 0.2) is 0 Å². The molecule has 0 saturated carbocycles. The molecule has 0 aliphatic carbocycles. The number of nitrogens with zero attached hydrogens (tertiary/aromatic N) is 1. The van der Waals surface area contributed by atoms with E-state index < -0.39 is 0 Å². The van der Waals surface area contributed by atoms with Crippen LogP contribution in [0.1, 0.15) is 32.0 Å². The standard InChI is InChI=1S/C16H22N2/c1-16(2,3)13-6-8-15-12(11-13)5-7-14(18-15)9-10-17-4/h5-8,11,17H,9-10H2,1-4H3. The van der Waals surface area contributed by atoms with Crippen molar-refractivity contribution in [1.82, 2.24) is 10.3 Å². The summed E-state index contributed by atoms with van der Waals surface area (Å²) in [6, 6.07) is 10.9. The first kappa shape index (κ1) is 13.0. The molecule has 1 aromatic heterocycles. The highest BCUT2D eigenvalue weighted by atomic mass is 14.8. The van der Waals surface area contributed by atoms with E-state index in [-0.39, 0.29) is 5.41 Å². The minimum Gasteiger partial charge on any atom is -0.319 e. The Morgan fingerprint density at radius 3 is 2.56 bits per heavy atom. The Labute approximate surface area is 109 Å². The van der Waals surface area contributed by atoms with Crippen LogP contribution in [-0.2, 0) is 11.8 Å². The largest absolute Gasteiger partial charge is 0.319 e. The number of hydrogen-bond donors (Lipinski definition) is 1. The summed E-state index contributed by atoms with van der Waals surface area (Å²) < 4.78 is 0. The van der Waals surface area contributed by atoms with Crippen LogP contribution in [0.4, 0.5) is 0 Å². The molecule has 2 rings (SSSR count). The maximum Gasteiger partial charge on any atom is 0.0705 e. The molecule has 1 heterocycles. The van der Waals surface area contributed by atoms with Crippen molar-refractivity contribution < 1.29 is 0 Å². The molecule has 0 aliphatic rings. The van der Waals surface area contributed by atoms with Crippen molar-refractivity contribution in [3.05, 3.63) is 41.6 Å². The highest BCUT2D eigenvalue weighted by Gasteiger charge is 2.13. The van der Waals surface area contributed by atoms with E-state index in [2.05, 4.69) is 56.4 Å². The summed E-state index contributed by atoms with van der Waals surface area (Å²) in [6.45, 7) is 7.69.